The Kier molecular flexibility index (Phi) is 8.34. The van der Waals surface area contributed by atoms with Crippen LogP contribution >= 0.6 is 0 Å². The number of carbonyl (C=O) groups excluding carboxylic acids is 5. The molecule has 0 fully saturated rings. The first-order valence-electron chi connectivity index (χ1n) is 10.5. The lowest BCUT2D eigenvalue weighted by Crippen LogP contribution is -2.48. The number of imide groups is 1. The molecule has 32 heavy (non-hydrogen) atoms. The molecule has 1 aliphatic heterocycles. The topological polar surface area (TPSA) is 134 Å². The average Bonchev–Trinajstić information content (AvgIpc) is 2.96. The van der Waals surface area contributed by atoms with Crippen LogP contribution in [0.5, 0.6) is 0 Å². The Morgan fingerprint density at radius 1 is 0.938 bits per heavy atom. The van der Waals surface area contributed by atoms with Crippen molar-refractivity contribution < 1.29 is 28.7 Å². The van der Waals surface area contributed by atoms with Crippen LogP contribution in [-0.4, -0.2) is 65.9 Å². The summed E-state index contributed by atoms with van der Waals surface area (Å²) in [6, 6.07) is 5.51. The number of ether oxygens (including phenoxy) is 1. The first kappa shape index (κ1) is 24.8. The van der Waals surface area contributed by atoms with Crippen LogP contribution in [0.1, 0.15) is 61.3 Å². The molecular weight excluding hydrogens is 416 g/mol. The molecule has 3 N–H and O–H groups in total. The van der Waals surface area contributed by atoms with Crippen molar-refractivity contribution in [2.45, 2.75) is 52.2 Å². The number of amides is 5. The number of hydrogen-bond acceptors (Lipinski definition) is 6. The Balaban J connectivity index is 1.63. The number of nitrogens with one attached hydrogen (secondary N) is 3. The quantitative estimate of drug-likeness (QED) is 0.386. The third-order valence-corrected chi connectivity index (χ3v) is 4.59. The van der Waals surface area contributed by atoms with E-state index in [1.165, 1.54) is 6.92 Å². The number of carbonyl (C=O) groups is 5. The van der Waals surface area contributed by atoms with Gasteiger partial charge in [0.1, 0.15) is 11.6 Å². The van der Waals surface area contributed by atoms with E-state index in [0.29, 0.717) is 24.1 Å². The maximum Gasteiger partial charge on any atom is 0.407 e. The van der Waals surface area contributed by atoms with Crippen LogP contribution in [-0.2, 0) is 14.3 Å². The molecule has 1 heterocycles. The molecule has 1 atom stereocenters. The summed E-state index contributed by atoms with van der Waals surface area (Å²) in [6.07, 6.45) is -0.0195. The summed E-state index contributed by atoms with van der Waals surface area (Å²) in [5.41, 5.74) is -0.0183. The molecule has 0 saturated carbocycles. The number of hydrogen-bond donors (Lipinski definition) is 3. The Bertz CT molecular complexity index is 858. The maximum absolute atomic E-state index is 12.4. The molecule has 0 bridgehead atoms. The van der Waals surface area contributed by atoms with Gasteiger partial charge in [-0.1, -0.05) is 12.1 Å². The van der Waals surface area contributed by atoms with Gasteiger partial charge in [0.15, 0.2) is 0 Å². The number of fused-ring (bicyclic) bond motifs is 1. The summed E-state index contributed by atoms with van der Waals surface area (Å²) in [5, 5.41) is 7.86. The van der Waals surface area contributed by atoms with Gasteiger partial charge < -0.3 is 20.7 Å². The maximum atomic E-state index is 12.4. The van der Waals surface area contributed by atoms with E-state index in [1.807, 2.05) is 0 Å². The molecule has 0 aliphatic carbocycles. The highest BCUT2D eigenvalue weighted by Crippen LogP contribution is 2.24. The first-order valence-corrected chi connectivity index (χ1v) is 10.5. The Hall–Kier alpha value is -3.43. The van der Waals surface area contributed by atoms with Crippen molar-refractivity contribution in [2.75, 3.05) is 19.6 Å². The lowest BCUT2D eigenvalue weighted by Gasteiger charge is -2.21. The molecule has 5 amide bonds. The average molecular weight is 447 g/mol. The van der Waals surface area contributed by atoms with E-state index in [1.54, 1.807) is 45.0 Å². The highest BCUT2D eigenvalue weighted by molar-refractivity contribution is 6.22. The van der Waals surface area contributed by atoms with E-state index in [-0.39, 0.29) is 25.4 Å². The molecule has 1 unspecified atom stereocenters. The molecule has 0 aromatic heterocycles. The lowest BCUT2D eigenvalue weighted by molar-refractivity contribution is -0.124. The monoisotopic (exact) mass is 446 g/mol. The zero-order valence-corrected chi connectivity index (χ0v) is 18.8. The van der Waals surface area contributed by atoms with Crippen LogP contribution < -0.4 is 16.0 Å². The van der Waals surface area contributed by atoms with Crippen LogP contribution in [0.4, 0.5) is 4.79 Å². The zero-order valence-electron chi connectivity index (χ0n) is 18.8. The van der Waals surface area contributed by atoms with Gasteiger partial charge in [0, 0.05) is 26.1 Å². The highest BCUT2D eigenvalue weighted by Gasteiger charge is 2.40. The molecule has 174 valence electrons. The molecule has 0 radical (unpaired) electrons. The van der Waals surface area contributed by atoms with E-state index < -0.39 is 35.5 Å². The summed E-state index contributed by atoms with van der Waals surface area (Å²) in [6.45, 7) is 7.48. The fourth-order valence-electron chi connectivity index (χ4n) is 3.03. The molecule has 0 saturated heterocycles. The van der Waals surface area contributed by atoms with E-state index in [0.717, 1.165) is 4.90 Å². The van der Waals surface area contributed by atoms with E-state index in [9.17, 15) is 24.0 Å². The summed E-state index contributed by atoms with van der Waals surface area (Å²) in [4.78, 5) is 61.5. The van der Waals surface area contributed by atoms with E-state index >= 15 is 0 Å². The minimum atomic E-state index is -0.948. The van der Waals surface area contributed by atoms with Crippen molar-refractivity contribution in [3.63, 3.8) is 0 Å². The van der Waals surface area contributed by atoms with Crippen LogP contribution in [0, 0.1) is 0 Å². The van der Waals surface area contributed by atoms with Gasteiger partial charge in [0.25, 0.3) is 11.8 Å². The second-order valence-electron chi connectivity index (χ2n) is 8.38. The predicted octanol–water partition coefficient (Wildman–Crippen LogP) is 1.21. The second-order valence-corrected chi connectivity index (χ2v) is 8.38. The molecule has 10 heteroatoms. The van der Waals surface area contributed by atoms with Crippen molar-refractivity contribution in [3.8, 4) is 0 Å². The number of rotatable bonds is 9. The van der Waals surface area contributed by atoms with Gasteiger partial charge in [-0.2, -0.15) is 0 Å². The summed E-state index contributed by atoms with van der Waals surface area (Å²) in [7, 11) is 0. The van der Waals surface area contributed by atoms with Crippen molar-refractivity contribution >= 4 is 29.7 Å². The van der Waals surface area contributed by atoms with Crippen LogP contribution in [0.15, 0.2) is 24.3 Å². The lowest BCUT2D eigenvalue weighted by atomic mass is 10.1. The first-order chi connectivity index (χ1) is 15.0. The SMILES string of the molecule is CC(C(=O)NCCCNC(=O)CCNC(=O)OC(C)(C)C)N1C(=O)c2ccccc2C1=O. The van der Waals surface area contributed by atoms with Crippen molar-refractivity contribution in [3.05, 3.63) is 35.4 Å². The minimum Gasteiger partial charge on any atom is -0.444 e. The molecular formula is C22H30N4O6. The smallest absolute Gasteiger partial charge is 0.407 e. The Morgan fingerprint density at radius 3 is 2.06 bits per heavy atom. The summed E-state index contributed by atoms with van der Waals surface area (Å²) < 4.78 is 5.08. The van der Waals surface area contributed by atoms with Crippen molar-refractivity contribution in [1.29, 1.82) is 0 Å². The summed E-state index contributed by atoms with van der Waals surface area (Å²) >= 11 is 0. The third kappa shape index (κ3) is 6.79. The van der Waals surface area contributed by atoms with Gasteiger partial charge in [-0.25, -0.2) is 4.79 Å². The molecule has 2 rings (SSSR count). The van der Waals surface area contributed by atoms with Crippen LogP contribution in [0.3, 0.4) is 0 Å². The molecule has 10 nitrogen and oxygen atoms in total. The predicted molar refractivity (Wildman–Crippen MR) is 116 cm³/mol. The van der Waals surface area contributed by atoms with Gasteiger partial charge >= 0.3 is 6.09 Å². The Labute approximate surface area is 187 Å². The molecule has 0 spiro atoms. The number of benzene rings is 1. The van der Waals surface area contributed by atoms with Gasteiger partial charge in [0.05, 0.1) is 11.1 Å². The van der Waals surface area contributed by atoms with Crippen LogP contribution in [0.2, 0.25) is 0 Å². The third-order valence-electron chi connectivity index (χ3n) is 4.59. The van der Waals surface area contributed by atoms with Gasteiger partial charge in [0.2, 0.25) is 11.8 Å². The Morgan fingerprint density at radius 2 is 1.50 bits per heavy atom. The van der Waals surface area contributed by atoms with Crippen LogP contribution in [0.25, 0.3) is 0 Å². The fourth-order valence-corrected chi connectivity index (χ4v) is 3.03. The minimum absolute atomic E-state index is 0.0996. The number of alkyl carbamates (subject to hydrolysis) is 1. The summed E-state index contributed by atoms with van der Waals surface area (Å²) in [5.74, 6) is -1.67. The highest BCUT2D eigenvalue weighted by atomic mass is 16.6. The molecule has 1 aromatic rings. The largest absolute Gasteiger partial charge is 0.444 e. The fraction of sp³-hybridized carbons (Fsp3) is 0.500. The van der Waals surface area contributed by atoms with Gasteiger partial charge in [-0.3, -0.25) is 24.1 Å². The molecule has 1 aliphatic rings. The zero-order chi connectivity index (χ0) is 23.9. The van der Waals surface area contributed by atoms with Gasteiger partial charge in [-0.05, 0) is 46.2 Å². The van der Waals surface area contributed by atoms with E-state index in [2.05, 4.69) is 16.0 Å². The normalized spacial score (nSPS) is 13.9. The van der Waals surface area contributed by atoms with Crippen molar-refractivity contribution in [1.82, 2.24) is 20.9 Å². The van der Waals surface area contributed by atoms with Crippen molar-refractivity contribution in [2.24, 2.45) is 0 Å². The standard InChI is InChI=1S/C22H30N4O6/c1-14(26-19(29)15-8-5-6-9-16(15)20(26)30)18(28)24-12-7-11-23-17(27)10-13-25-21(31)32-22(2,3)4/h5-6,8-9,14H,7,10-13H2,1-4H3,(H,23,27)(H,24,28)(H,25,31). The second kappa shape index (κ2) is 10.7. The number of nitrogens with zero attached hydrogens (tertiary/aromatic N) is 1. The molecule has 1 aromatic carbocycles. The van der Waals surface area contributed by atoms with E-state index in [4.69, 9.17) is 4.74 Å². The van der Waals surface area contributed by atoms with Gasteiger partial charge in [-0.15, -0.1) is 0 Å².